The maximum atomic E-state index is 12.7. The maximum absolute atomic E-state index is 12.7. The van der Waals surface area contributed by atoms with Gasteiger partial charge < -0.3 is 59.1 Å². The Morgan fingerprint density at radius 2 is 1.79 bits per heavy atom. The lowest BCUT2D eigenvalue weighted by Crippen LogP contribution is -2.60. The Labute approximate surface area is 270 Å². The zero-order valence-electron chi connectivity index (χ0n) is 26.2. The zero-order chi connectivity index (χ0) is 34.5. The predicted molar refractivity (Wildman–Crippen MR) is 158 cm³/mol. The minimum absolute atomic E-state index is 0.0354. The fourth-order valence-corrected chi connectivity index (χ4v) is 5.76. The number of hydrogen-bond donors (Lipinski definition) is 6. The lowest BCUT2D eigenvalue weighted by atomic mass is 9.80. The number of carbonyl (C=O) groups excluding carboxylic acids is 3. The molecule has 1 aromatic rings. The van der Waals surface area contributed by atoms with Gasteiger partial charge in [-0.15, -0.1) is 0 Å². The summed E-state index contributed by atoms with van der Waals surface area (Å²) in [5.74, 6) is -4.50. The summed E-state index contributed by atoms with van der Waals surface area (Å²) in [6, 6.07) is 5.95. The summed E-state index contributed by atoms with van der Waals surface area (Å²) in [5.41, 5.74) is -1.15. The van der Waals surface area contributed by atoms with E-state index in [2.05, 4.69) is 0 Å². The van der Waals surface area contributed by atoms with E-state index in [9.17, 15) is 45.0 Å². The molecular formula is C32H42O15. The highest BCUT2D eigenvalue weighted by Gasteiger charge is 2.61. The first-order valence-electron chi connectivity index (χ1n) is 15.3. The summed E-state index contributed by atoms with van der Waals surface area (Å²) in [5, 5.41) is 63.0. The average Bonchev–Trinajstić information content (AvgIpc) is 3.32. The number of benzene rings is 1. The molecule has 0 unspecified atom stereocenters. The molecule has 1 aromatic carbocycles. The second-order valence-electron chi connectivity index (χ2n) is 11.9. The third kappa shape index (κ3) is 8.30. The van der Waals surface area contributed by atoms with Crippen molar-refractivity contribution in [2.75, 3.05) is 19.8 Å². The Hall–Kier alpha value is -3.57. The van der Waals surface area contributed by atoms with Crippen LogP contribution in [0, 0.1) is 17.8 Å². The molecule has 0 spiro atoms. The largest absolute Gasteiger partial charge is 0.508 e. The molecule has 47 heavy (non-hydrogen) atoms. The van der Waals surface area contributed by atoms with E-state index in [-0.39, 0.29) is 18.8 Å². The van der Waals surface area contributed by atoms with Crippen LogP contribution in [0.5, 0.6) is 5.75 Å². The molecule has 1 aliphatic carbocycles. The van der Waals surface area contributed by atoms with Gasteiger partial charge >= 0.3 is 17.9 Å². The number of carbonyl (C=O) groups is 3. The van der Waals surface area contributed by atoms with E-state index in [1.807, 2.05) is 0 Å². The van der Waals surface area contributed by atoms with Gasteiger partial charge in [0.25, 0.3) is 0 Å². The molecule has 0 aromatic heterocycles. The lowest BCUT2D eigenvalue weighted by Gasteiger charge is -2.42. The molecule has 2 aliphatic heterocycles. The van der Waals surface area contributed by atoms with Crippen LogP contribution in [0.1, 0.15) is 39.2 Å². The molecule has 6 N–H and O–H groups in total. The van der Waals surface area contributed by atoms with Gasteiger partial charge in [-0.05, 0) is 42.2 Å². The first-order chi connectivity index (χ1) is 22.3. The molecule has 15 heteroatoms. The first kappa shape index (κ1) is 36.3. The number of phenols is 1. The van der Waals surface area contributed by atoms with Gasteiger partial charge in [-0.25, -0.2) is 4.79 Å². The molecule has 15 nitrogen and oxygen atoms in total. The normalized spacial score (nSPS) is 34.1. The van der Waals surface area contributed by atoms with Crippen LogP contribution in [-0.2, 0) is 42.8 Å². The molecule has 4 rings (SSSR count). The Morgan fingerprint density at radius 3 is 2.43 bits per heavy atom. The molecule has 0 bridgehead atoms. The van der Waals surface area contributed by atoms with Crippen LogP contribution in [0.15, 0.2) is 42.2 Å². The van der Waals surface area contributed by atoms with Gasteiger partial charge in [-0.1, -0.05) is 26.0 Å². The summed E-state index contributed by atoms with van der Waals surface area (Å²) in [6.45, 7) is 2.95. The Kier molecular flexibility index (Phi) is 12.0. The Balaban J connectivity index is 1.54. The number of ether oxygens (including phenoxy) is 6. The SMILES string of the molecule is CC[C@@H](C)C(=O)O[C@@H]1OC=C(CO[C@@H]2O[C@H](CO)[C@@H](O)[C@H](O)[C@H]2OC(=O)/C=C/c2ccc(O)cc2)[C@H]2C[C@H](O)[C@](O)(COC(C)=O)[C@@H]12. The number of aliphatic hydroxyl groups excluding tert-OH is 4. The van der Waals surface area contributed by atoms with E-state index in [0.29, 0.717) is 17.6 Å². The number of hydrogen-bond acceptors (Lipinski definition) is 15. The molecule has 2 fully saturated rings. The van der Waals surface area contributed by atoms with Crippen molar-refractivity contribution in [3.8, 4) is 5.75 Å². The minimum atomic E-state index is -2.07. The van der Waals surface area contributed by atoms with E-state index >= 15 is 0 Å². The highest BCUT2D eigenvalue weighted by Crippen LogP contribution is 2.50. The molecule has 1 saturated heterocycles. The van der Waals surface area contributed by atoms with E-state index in [0.717, 1.165) is 13.0 Å². The van der Waals surface area contributed by atoms with Crippen LogP contribution < -0.4 is 0 Å². The van der Waals surface area contributed by atoms with Gasteiger partial charge in [0.1, 0.15) is 36.3 Å². The standard InChI is InChI=1S/C32H42O15/c1-4-16(2)29(40)47-30-25-21(11-23(36)32(25,41)15-44-17(3)34)19(13-42-30)14-43-31-28(27(39)26(38)22(12-33)45-31)46-24(37)10-7-18-5-8-20(35)9-6-18/h5-10,13,16,21-23,25-28,30-31,33,35-36,38-39,41H,4,11-12,14-15H2,1-3H3/b10-7+/t16-,21-,22-,23+,25-,26-,27+,28-,30+,31-,32-/m1/s1. The van der Waals surface area contributed by atoms with E-state index in [1.54, 1.807) is 26.0 Å². The van der Waals surface area contributed by atoms with E-state index in [4.69, 9.17) is 28.4 Å². The molecule has 0 amide bonds. The quantitative estimate of drug-likeness (QED) is 0.0972. The fraction of sp³-hybridized carbons (Fsp3) is 0.594. The third-order valence-corrected chi connectivity index (χ3v) is 8.74. The van der Waals surface area contributed by atoms with Gasteiger partial charge in [0, 0.05) is 18.9 Å². The summed E-state index contributed by atoms with van der Waals surface area (Å²) in [4.78, 5) is 37.0. The van der Waals surface area contributed by atoms with Crippen LogP contribution >= 0.6 is 0 Å². The minimum Gasteiger partial charge on any atom is -0.508 e. The third-order valence-electron chi connectivity index (χ3n) is 8.74. The van der Waals surface area contributed by atoms with Crippen molar-refractivity contribution in [3.05, 3.63) is 47.7 Å². The van der Waals surface area contributed by atoms with Crippen molar-refractivity contribution in [2.45, 2.75) is 82.3 Å². The molecule has 2 heterocycles. The van der Waals surface area contributed by atoms with Crippen molar-refractivity contribution in [1.82, 2.24) is 0 Å². The second-order valence-corrected chi connectivity index (χ2v) is 11.9. The predicted octanol–water partition coefficient (Wildman–Crippen LogP) is -0.106. The van der Waals surface area contributed by atoms with Crippen LogP contribution in [0.2, 0.25) is 0 Å². The fourth-order valence-electron chi connectivity index (χ4n) is 5.76. The number of rotatable bonds is 12. The van der Waals surface area contributed by atoms with Crippen LogP contribution in [0.25, 0.3) is 6.08 Å². The lowest BCUT2D eigenvalue weighted by molar-refractivity contribution is -0.302. The molecule has 3 aliphatic rings. The Morgan fingerprint density at radius 1 is 1.09 bits per heavy atom. The van der Waals surface area contributed by atoms with Gasteiger partial charge in [-0.2, -0.15) is 0 Å². The van der Waals surface area contributed by atoms with Gasteiger partial charge in [0.05, 0.1) is 37.4 Å². The number of fused-ring (bicyclic) bond motifs is 1. The van der Waals surface area contributed by atoms with E-state index < -0.39 is 97.6 Å². The molecular weight excluding hydrogens is 624 g/mol. The number of esters is 3. The monoisotopic (exact) mass is 666 g/mol. The van der Waals surface area contributed by atoms with Crippen molar-refractivity contribution in [2.24, 2.45) is 17.8 Å². The van der Waals surface area contributed by atoms with Crippen molar-refractivity contribution < 1.29 is 73.4 Å². The molecule has 1 saturated carbocycles. The van der Waals surface area contributed by atoms with Gasteiger partial charge in [-0.3, -0.25) is 9.59 Å². The van der Waals surface area contributed by atoms with Crippen molar-refractivity contribution in [1.29, 1.82) is 0 Å². The summed E-state index contributed by atoms with van der Waals surface area (Å²) in [7, 11) is 0. The van der Waals surface area contributed by atoms with Gasteiger partial charge in [0.2, 0.25) is 6.29 Å². The average molecular weight is 667 g/mol. The van der Waals surface area contributed by atoms with Crippen LogP contribution in [0.3, 0.4) is 0 Å². The second kappa shape index (κ2) is 15.6. The topological polar surface area (TPSA) is 228 Å². The number of aromatic hydroxyl groups is 1. The highest BCUT2D eigenvalue weighted by molar-refractivity contribution is 5.87. The van der Waals surface area contributed by atoms with Crippen LogP contribution in [0.4, 0.5) is 0 Å². The highest BCUT2D eigenvalue weighted by atomic mass is 16.7. The summed E-state index contributed by atoms with van der Waals surface area (Å²) in [6.07, 6.45) is -6.39. The summed E-state index contributed by atoms with van der Waals surface area (Å²) >= 11 is 0. The van der Waals surface area contributed by atoms with Crippen molar-refractivity contribution in [3.63, 3.8) is 0 Å². The van der Waals surface area contributed by atoms with Gasteiger partial charge in [0.15, 0.2) is 12.4 Å². The number of aliphatic hydroxyl groups is 5. The molecule has 11 atom stereocenters. The van der Waals surface area contributed by atoms with Crippen molar-refractivity contribution >= 4 is 24.0 Å². The zero-order valence-corrected chi connectivity index (χ0v) is 26.2. The molecule has 260 valence electrons. The Bertz CT molecular complexity index is 1310. The van der Waals surface area contributed by atoms with Crippen LogP contribution in [-0.4, -0.2) is 117 Å². The number of phenolic OH excluding ortho intramolecular Hbond substituents is 1. The summed E-state index contributed by atoms with van der Waals surface area (Å²) < 4.78 is 33.3. The smallest absolute Gasteiger partial charge is 0.331 e. The maximum Gasteiger partial charge on any atom is 0.331 e. The molecule has 0 radical (unpaired) electrons. The first-order valence-corrected chi connectivity index (χ1v) is 15.3. The van der Waals surface area contributed by atoms with E-state index in [1.165, 1.54) is 24.5 Å².